The molecule has 13 heteroatoms. The van der Waals surface area contributed by atoms with Gasteiger partial charge in [-0.05, 0) is 43.2 Å². The molecular weight excluding hydrogens is 456 g/mol. The van der Waals surface area contributed by atoms with E-state index >= 15 is 0 Å². The van der Waals surface area contributed by atoms with E-state index in [2.05, 4.69) is 5.32 Å². The standard InChI is InChI=1S/C20H20N4O8S/c25-18(22-28)4-2-1-3-11-23-20(27)16-10-7-14(12-17(16)33(23,31)32)21-19(26)13-5-8-15(9-6-13)24(29)30/h5-10,12,28H,1-4,11H2,(H,21,26)(H,22,25). The average Bonchev–Trinajstić information content (AvgIpc) is 2.98. The molecule has 2 aromatic rings. The zero-order valence-corrected chi connectivity index (χ0v) is 18.0. The number of fused-ring (bicyclic) bond motifs is 1. The number of carbonyl (C=O) groups is 3. The Hall–Kier alpha value is -3.84. The molecule has 0 unspecified atom stereocenters. The summed E-state index contributed by atoms with van der Waals surface area (Å²) in [6.07, 6.45) is 1.30. The lowest BCUT2D eigenvalue weighted by atomic mass is 10.1. The van der Waals surface area contributed by atoms with Crippen molar-refractivity contribution in [3.8, 4) is 0 Å². The fraction of sp³-hybridized carbons (Fsp3) is 0.250. The van der Waals surface area contributed by atoms with Gasteiger partial charge < -0.3 is 5.32 Å². The van der Waals surface area contributed by atoms with Crippen LogP contribution in [0.15, 0.2) is 47.4 Å². The first kappa shape index (κ1) is 23.8. The van der Waals surface area contributed by atoms with Crippen LogP contribution < -0.4 is 10.8 Å². The fourth-order valence-electron chi connectivity index (χ4n) is 3.29. The zero-order valence-electron chi connectivity index (χ0n) is 17.2. The van der Waals surface area contributed by atoms with E-state index in [0.717, 1.165) is 4.31 Å². The van der Waals surface area contributed by atoms with E-state index in [4.69, 9.17) is 5.21 Å². The summed E-state index contributed by atoms with van der Waals surface area (Å²) in [6, 6.07) is 8.79. The number of rotatable bonds is 9. The highest BCUT2D eigenvalue weighted by Crippen LogP contribution is 2.33. The normalized spacial score (nSPS) is 14.0. The predicted octanol–water partition coefficient (Wildman–Crippen LogP) is 2.06. The summed E-state index contributed by atoms with van der Waals surface area (Å²) in [5.41, 5.74) is 1.60. The first-order valence-electron chi connectivity index (χ1n) is 9.85. The lowest BCUT2D eigenvalue weighted by Gasteiger charge is -2.14. The number of carbonyl (C=O) groups excluding carboxylic acids is 3. The summed E-state index contributed by atoms with van der Waals surface area (Å²) in [6.45, 7) is -0.0684. The first-order chi connectivity index (χ1) is 15.6. The minimum Gasteiger partial charge on any atom is -0.322 e. The van der Waals surface area contributed by atoms with Gasteiger partial charge in [-0.15, -0.1) is 0 Å². The first-order valence-corrected chi connectivity index (χ1v) is 11.3. The number of non-ortho nitro benzene ring substituents is 1. The van der Waals surface area contributed by atoms with Gasteiger partial charge in [-0.3, -0.25) is 29.7 Å². The van der Waals surface area contributed by atoms with E-state index in [9.17, 15) is 32.9 Å². The molecule has 0 fully saturated rings. The number of unbranched alkanes of at least 4 members (excludes halogenated alkanes) is 2. The molecule has 0 aromatic heterocycles. The molecule has 0 aliphatic carbocycles. The second kappa shape index (κ2) is 9.75. The van der Waals surface area contributed by atoms with Gasteiger partial charge in [0.1, 0.15) is 4.90 Å². The molecule has 33 heavy (non-hydrogen) atoms. The molecule has 0 saturated carbocycles. The van der Waals surface area contributed by atoms with Gasteiger partial charge >= 0.3 is 0 Å². The van der Waals surface area contributed by atoms with Crippen LogP contribution in [-0.2, 0) is 14.8 Å². The van der Waals surface area contributed by atoms with Crippen LogP contribution in [0.3, 0.4) is 0 Å². The van der Waals surface area contributed by atoms with E-state index in [1.165, 1.54) is 47.9 Å². The Morgan fingerprint density at radius 1 is 1.06 bits per heavy atom. The van der Waals surface area contributed by atoms with Gasteiger partial charge in [0.25, 0.3) is 27.5 Å². The van der Waals surface area contributed by atoms with Crippen LogP contribution in [0.1, 0.15) is 46.4 Å². The molecule has 0 spiro atoms. The third-order valence-corrected chi connectivity index (χ3v) is 6.82. The maximum Gasteiger partial charge on any atom is 0.269 e. The number of hydrogen-bond acceptors (Lipinski definition) is 8. The van der Waals surface area contributed by atoms with Crippen LogP contribution in [0.25, 0.3) is 0 Å². The molecule has 3 amide bonds. The predicted molar refractivity (Wildman–Crippen MR) is 114 cm³/mol. The van der Waals surface area contributed by atoms with Crippen molar-refractivity contribution in [1.29, 1.82) is 0 Å². The number of amides is 3. The second-order valence-corrected chi connectivity index (χ2v) is 9.03. The lowest BCUT2D eigenvalue weighted by Crippen LogP contribution is -2.31. The molecule has 1 heterocycles. The van der Waals surface area contributed by atoms with Crippen molar-refractivity contribution in [3.63, 3.8) is 0 Å². The number of hydrogen-bond donors (Lipinski definition) is 3. The van der Waals surface area contributed by atoms with Gasteiger partial charge in [0.05, 0.1) is 10.5 Å². The SMILES string of the molecule is O=C(CCCCCN1C(=O)c2ccc(NC(=O)c3ccc([N+](=O)[O-])cc3)cc2S1(=O)=O)NO. The molecule has 0 atom stereocenters. The molecule has 2 aromatic carbocycles. The average molecular weight is 476 g/mol. The van der Waals surface area contributed by atoms with Crippen LogP contribution >= 0.6 is 0 Å². The van der Waals surface area contributed by atoms with E-state index < -0.39 is 32.7 Å². The van der Waals surface area contributed by atoms with Gasteiger partial charge in [0.2, 0.25) is 5.91 Å². The van der Waals surface area contributed by atoms with Crippen molar-refractivity contribution in [2.75, 3.05) is 11.9 Å². The molecule has 1 aliphatic rings. The van der Waals surface area contributed by atoms with Crippen molar-refractivity contribution >= 4 is 39.1 Å². The molecule has 0 radical (unpaired) electrons. The van der Waals surface area contributed by atoms with Gasteiger partial charge in [0, 0.05) is 36.3 Å². The lowest BCUT2D eigenvalue weighted by molar-refractivity contribution is -0.384. The smallest absolute Gasteiger partial charge is 0.269 e. The molecule has 3 rings (SSSR count). The highest BCUT2D eigenvalue weighted by Gasteiger charge is 2.40. The summed E-state index contributed by atoms with van der Waals surface area (Å²) in [5, 5.41) is 21.7. The van der Waals surface area contributed by atoms with E-state index in [1.807, 2.05) is 0 Å². The second-order valence-electron chi connectivity index (χ2n) is 7.20. The highest BCUT2D eigenvalue weighted by atomic mass is 32.2. The number of nitrogens with one attached hydrogen (secondary N) is 2. The van der Waals surface area contributed by atoms with Crippen molar-refractivity contribution in [2.45, 2.75) is 30.6 Å². The number of nitrogens with zero attached hydrogens (tertiary/aromatic N) is 2. The summed E-state index contributed by atoms with van der Waals surface area (Å²) >= 11 is 0. The quantitative estimate of drug-likeness (QED) is 0.213. The largest absolute Gasteiger partial charge is 0.322 e. The van der Waals surface area contributed by atoms with Gasteiger partial charge in [0.15, 0.2) is 0 Å². The molecule has 12 nitrogen and oxygen atoms in total. The third-order valence-electron chi connectivity index (χ3n) is 4.99. The monoisotopic (exact) mass is 476 g/mol. The maximum atomic E-state index is 12.9. The number of nitro groups is 1. The molecular formula is C20H20N4O8S. The third kappa shape index (κ3) is 5.15. The Morgan fingerprint density at radius 3 is 2.39 bits per heavy atom. The minimum absolute atomic E-state index is 0.0111. The Labute approximate surface area is 188 Å². The molecule has 174 valence electrons. The maximum absolute atomic E-state index is 12.9. The summed E-state index contributed by atoms with van der Waals surface area (Å²) in [7, 11) is -4.10. The van der Waals surface area contributed by atoms with E-state index in [-0.39, 0.29) is 40.4 Å². The van der Waals surface area contributed by atoms with Crippen molar-refractivity contribution in [1.82, 2.24) is 9.79 Å². The van der Waals surface area contributed by atoms with Crippen LogP contribution in [0, 0.1) is 10.1 Å². The van der Waals surface area contributed by atoms with E-state index in [0.29, 0.717) is 19.3 Å². The highest BCUT2D eigenvalue weighted by molar-refractivity contribution is 7.90. The number of sulfonamides is 1. The number of anilines is 1. The Kier molecular flexibility index (Phi) is 7.04. The van der Waals surface area contributed by atoms with Gasteiger partial charge in [-0.2, -0.15) is 0 Å². The van der Waals surface area contributed by atoms with Crippen LogP contribution in [0.5, 0.6) is 0 Å². The van der Waals surface area contributed by atoms with E-state index in [1.54, 1.807) is 0 Å². The number of benzene rings is 2. The zero-order chi connectivity index (χ0) is 24.2. The molecule has 3 N–H and O–H groups in total. The van der Waals surface area contributed by atoms with Crippen LogP contribution in [0.2, 0.25) is 0 Å². The van der Waals surface area contributed by atoms with Crippen molar-refractivity contribution in [2.24, 2.45) is 0 Å². The summed E-state index contributed by atoms with van der Waals surface area (Å²) < 4.78 is 26.5. The molecule has 1 aliphatic heterocycles. The van der Waals surface area contributed by atoms with Crippen LogP contribution in [0.4, 0.5) is 11.4 Å². The Morgan fingerprint density at radius 2 is 1.76 bits per heavy atom. The fourth-order valence-corrected chi connectivity index (χ4v) is 4.92. The Bertz CT molecular complexity index is 1210. The topological polar surface area (TPSA) is 176 Å². The molecule has 0 saturated heterocycles. The minimum atomic E-state index is -4.10. The number of hydroxylamine groups is 1. The number of nitro benzene ring substituents is 1. The van der Waals surface area contributed by atoms with Crippen molar-refractivity contribution in [3.05, 3.63) is 63.7 Å². The van der Waals surface area contributed by atoms with Gasteiger partial charge in [-0.25, -0.2) is 18.2 Å². The molecule has 0 bridgehead atoms. The summed E-state index contributed by atoms with van der Waals surface area (Å²) in [5.74, 6) is -1.82. The van der Waals surface area contributed by atoms with Crippen molar-refractivity contribution < 1.29 is 32.9 Å². The van der Waals surface area contributed by atoms with Gasteiger partial charge in [-0.1, -0.05) is 6.42 Å². The summed E-state index contributed by atoms with van der Waals surface area (Å²) in [4.78, 5) is 45.9. The van der Waals surface area contributed by atoms with Crippen LogP contribution in [-0.4, -0.2) is 47.1 Å². The Balaban J connectivity index is 1.68.